The Morgan fingerprint density at radius 2 is 2.12 bits per heavy atom. The van der Waals surface area contributed by atoms with E-state index in [1.807, 2.05) is 0 Å². The molecule has 0 radical (unpaired) electrons. The minimum atomic E-state index is -4.48. The number of fused-ring (bicyclic) bond motifs is 1. The Kier molecular flexibility index (Phi) is 6.70. The Morgan fingerprint density at radius 3 is 2.85 bits per heavy atom. The van der Waals surface area contributed by atoms with Crippen LogP contribution < -0.4 is 4.74 Å². The molecule has 1 N–H and O–H groups in total. The number of alkyl halides is 3. The summed E-state index contributed by atoms with van der Waals surface area (Å²) in [4.78, 5) is 24.6. The quantitative estimate of drug-likeness (QED) is 0.422. The smallest absolute Gasteiger partial charge is 0.417 e. The van der Waals surface area contributed by atoms with E-state index < -0.39 is 29.5 Å². The first-order valence-electron chi connectivity index (χ1n) is 9.72. The summed E-state index contributed by atoms with van der Waals surface area (Å²) in [6, 6.07) is 3.84. The number of morpholine rings is 1. The van der Waals surface area contributed by atoms with Crippen molar-refractivity contribution in [2.24, 2.45) is 0 Å². The summed E-state index contributed by atoms with van der Waals surface area (Å²) in [5.41, 5.74) is -0.690. The Bertz CT molecular complexity index is 1140. The molecule has 0 bridgehead atoms. The van der Waals surface area contributed by atoms with Gasteiger partial charge in [-0.25, -0.2) is 18.7 Å². The van der Waals surface area contributed by atoms with Gasteiger partial charge in [-0.1, -0.05) is 11.8 Å². The lowest BCUT2D eigenvalue weighted by Crippen LogP contribution is -2.48. The number of rotatable bonds is 6. The summed E-state index contributed by atoms with van der Waals surface area (Å²) in [5.74, 6) is -1.72. The fraction of sp³-hybridized carbons (Fsp3) is 0.350. The molecule has 1 aromatic carbocycles. The summed E-state index contributed by atoms with van der Waals surface area (Å²) in [7, 11) is 0. The molecule has 1 atom stereocenters. The van der Waals surface area contributed by atoms with Crippen LogP contribution in [-0.2, 0) is 15.7 Å². The van der Waals surface area contributed by atoms with Crippen LogP contribution in [0.2, 0.25) is 0 Å². The summed E-state index contributed by atoms with van der Waals surface area (Å²) in [6.45, 7) is 0.845. The number of pyridine rings is 1. The van der Waals surface area contributed by atoms with Crippen molar-refractivity contribution in [2.75, 3.05) is 32.1 Å². The number of H-pyrrole nitrogens is 1. The van der Waals surface area contributed by atoms with Crippen molar-refractivity contribution in [1.29, 1.82) is 0 Å². The molecule has 1 aliphatic heterocycles. The van der Waals surface area contributed by atoms with Crippen molar-refractivity contribution in [3.05, 3.63) is 47.7 Å². The van der Waals surface area contributed by atoms with Crippen LogP contribution in [0.15, 0.2) is 35.6 Å². The number of aromatic amines is 1. The van der Waals surface area contributed by atoms with Crippen LogP contribution in [-0.4, -0.2) is 63.9 Å². The molecule has 2 aromatic heterocycles. The van der Waals surface area contributed by atoms with Crippen molar-refractivity contribution in [1.82, 2.24) is 19.9 Å². The number of amides is 1. The Labute approximate surface area is 188 Å². The van der Waals surface area contributed by atoms with Crippen molar-refractivity contribution in [3.63, 3.8) is 0 Å². The molecule has 33 heavy (non-hydrogen) atoms. The predicted octanol–water partition coefficient (Wildman–Crippen LogP) is 3.65. The topological polar surface area (TPSA) is 80.3 Å². The van der Waals surface area contributed by atoms with E-state index >= 15 is 0 Å². The lowest BCUT2D eigenvalue weighted by atomic mass is 10.2. The van der Waals surface area contributed by atoms with Crippen molar-refractivity contribution in [3.8, 4) is 5.88 Å². The molecule has 1 aliphatic rings. The number of aromatic nitrogens is 3. The highest BCUT2D eigenvalue weighted by atomic mass is 32.2. The Balaban J connectivity index is 1.28. The van der Waals surface area contributed by atoms with Crippen LogP contribution >= 0.6 is 11.8 Å². The standard InChI is InChI=1S/C20H17F5N4O3S/c21-12-5-14(22)18-15(6-12)27-19(28-18)33-10-17(30)29-3-4-31-13(8-29)9-32-16-2-1-11(7-26-16)20(23,24)25/h1-2,5-7,13H,3-4,8-10H2,(H,27,28). The summed E-state index contributed by atoms with van der Waals surface area (Å²) >= 11 is 1.06. The van der Waals surface area contributed by atoms with Crippen molar-refractivity contribution in [2.45, 2.75) is 17.4 Å². The average molecular weight is 488 g/mol. The maximum absolute atomic E-state index is 13.8. The number of hydrogen-bond acceptors (Lipinski definition) is 6. The van der Waals surface area contributed by atoms with Crippen molar-refractivity contribution < 1.29 is 36.2 Å². The number of nitrogens with one attached hydrogen (secondary N) is 1. The number of carbonyl (C=O) groups excluding carboxylic acids is 1. The molecule has 1 amide bonds. The van der Waals surface area contributed by atoms with Crippen LogP contribution in [0.4, 0.5) is 22.0 Å². The van der Waals surface area contributed by atoms with Crippen LogP contribution in [0.3, 0.4) is 0 Å². The van der Waals surface area contributed by atoms with Crippen LogP contribution in [0.5, 0.6) is 5.88 Å². The molecule has 7 nitrogen and oxygen atoms in total. The summed E-state index contributed by atoms with van der Waals surface area (Å²) < 4.78 is 75.8. The lowest BCUT2D eigenvalue weighted by molar-refractivity contribution is -0.138. The molecule has 0 spiro atoms. The fourth-order valence-corrected chi connectivity index (χ4v) is 3.95. The highest BCUT2D eigenvalue weighted by Gasteiger charge is 2.31. The summed E-state index contributed by atoms with van der Waals surface area (Å²) in [5, 5.41) is 0.282. The second-order valence-electron chi connectivity index (χ2n) is 7.14. The molecule has 0 saturated carbocycles. The lowest BCUT2D eigenvalue weighted by Gasteiger charge is -2.32. The largest absolute Gasteiger partial charge is 0.475 e. The molecule has 4 rings (SSSR count). The monoisotopic (exact) mass is 488 g/mol. The zero-order valence-electron chi connectivity index (χ0n) is 16.9. The number of hydrogen-bond donors (Lipinski definition) is 1. The van der Waals surface area contributed by atoms with Gasteiger partial charge in [0.15, 0.2) is 11.0 Å². The van der Waals surface area contributed by atoms with E-state index in [0.717, 1.165) is 36.0 Å². The number of carbonyl (C=O) groups is 1. The minimum Gasteiger partial charge on any atom is -0.475 e. The molecular weight excluding hydrogens is 471 g/mol. The molecular formula is C20H17F5N4O3S. The maximum Gasteiger partial charge on any atom is 0.417 e. The van der Waals surface area contributed by atoms with Gasteiger partial charge in [-0.15, -0.1) is 0 Å². The number of thioether (sulfide) groups is 1. The van der Waals surface area contributed by atoms with Gasteiger partial charge in [0, 0.05) is 24.9 Å². The number of nitrogens with zero attached hydrogens (tertiary/aromatic N) is 3. The van der Waals surface area contributed by atoms with E-state index in [1.54, 1.807) is 4.90 Å². The zero-order valence-corrected chi connectivity index (χ0v) is 17.7. The van der Waals surface area contributed by atoms with Crippen LogP contribution in [0.25, 0.3) is 11.0 Å². The highest BCUT2D eigenvalue weighted by Crippen LogP contribution is 2.29. The van der Waals surface area contributed by atoms with Gasteiger partial charge < -0.3 is 19.4 Å². The van der Waals surface area contributed by atoms with Gasteiger partial charge in [0.1, 0.15) is 24.0 Å². The van der Waals surface area contributed by atoms with Gasteiger partial charge in [-0.05, 0) is 12.1 Å². The third kappa shape index (κ3) is 5.71. The molecule has 1 unspecified atom stereocenters. The van der Waals surface area contributed by atoms with Gasteiger partial charge in [-0.3, -0.25) is 4.79 Å². The average Bonchev–Trinajstić information content (AvgIpc) is 3.19. The van der Waals surface area contributed by atoms with E-state index in [2.05, 4.69) is 15.0 Å². The van der Waals surface area contributed by atoms with Crippen molar-refractivity contribution >= 4 is 28.7 Å². The van der Waals surface area contributed by atoms with Crippen LogP contribution in [0, 0.1) is 11.6 Å². The number of ether oxygens (including phenoxy) is 2. The van der Waals surface area contributed by atoms with E-state index in [1.165, 1.54) is 0 Å². The SMILES string of the molecule is O=C(CSc1nc2c(F)cc(F)cc2[nH]1)N1CCOC(COc2ccc(C(F)(F)F)cn2)C1. The number of halogens is 5. The normalized spacial score (nSPS) is 16.9. The molecule has 176 valence electrons. The first-order valence-corrected chi connectivity index (χ1v) is 10.7. The van der Waals surface area contributed by atoms with Gasteiger partial charge in [0.25, 0.3) is 0 Å². The first kappa shape index (κ1) is 23.2. The highest BCUT2D eigenvalue weighted by molar-refractivity contribution is 7.99. The van der Waals surface area contributed by atoms with E-state index in [0.29, 0.717) is 12.7 Å². The van der Waals surface area contributed by atoms with E-state index in [-0.39, 0.29) is 53.5 Å². The third-order valence-electron chi connectivity index (χ3n) is 4.79. The van der Waals surface area contributed by atoms with E-state index in [9.17, 15) is 26.7 Å². The number of imidazole rings is 1. The fourth-order valence-electron chi connectivity index (χ4n) is 3.17. The second-order valence-corrected chi connectivity index (χ2v) is 8.10. The minimum absolute atomic E-state index is 0.00367. The number of benzene rings is 1. The molecule has 1 fully saturated rings. The molecule has 3 heterocycles. The Hall–Kier alpha value is -2.93. The zero-order chi connectivity index (χ0) is 23.6. The molecule has 1 saturated heterocycles. The molecule has 0 aliphatic carbocycles. The van der Waals surface area contributed by atoms with Crippen LogP contribution in [0.1, 0.15) is 5.56 Å². The van der Waals surface area contributed by atoms with Gasteiger partial charge in [0.05, 0.1) is 30.0 Å². The first-order chi connectivity index (χ1) is 15.7. The third-order valence-corrected chi connectivity index (χ3v) is 5.65. The summed E-state index contributed by atoms with van der Waals surface area (Å²) in [6.07, 6.45) is -4.29. The molecule has 13 heteroatoms. The Morgan fingerprint density at radius 1 is 1.30 bits per heavy atom. The van der Waals surface area contributed by atoms with Gasteiger partial charge >= 0.3 is 6.18 Å². The van der Waals surface area contributed by atoms with Gasteiger partial charge in [-0.2, -0.15) is 13.2 Å². The maximum atomic E-state index is 13.8. The van der Waals surface area contributed by atoms with E-state index in [4.69, 9.17) is 9.47 Å². The predicted molar refractivity (Wildman–Crippen MR) is 108 cm³/mol. The molecule has 3 aromatic rings. The van der Waals surface area contributed by atoms with Gasteiger partial charge in [0.2, 0.25) is 11.8 Å². The second kappa shape index (κ2) is 9.51.